The van der Waals surface area contributed by atoms with E-state index in [1.807, 2.05) is 26.8 Å². The highest BCUT2D eigenvalue weighted by Gasteiger charge is 2.34. The van der Waals surface area contributed by atoms with Gasteiger partial charge < -0.3 is 20.2 Å². The van der Waals surface area contributed by atoms with Crippen LogP contribution in [-0.2, 0) is 19.1 Å². The number of aryl methyl sites for hydroxylation is 2. The normalized spacial score (nSPS) is 11.9. The van der Waals surface area contributed by atoms with Gasteiger partial charge in [-0.05, 0) is 50.8 Å². The topological polar surface area (TPSA) is 78.9 Å². The van der Waals surface area contributed by atoms with E-state index in [0.29, 0.717) is 24.5 Å². The zero-order valence-corrected chi connectivity index (χ0v) is 21.4. The third-order valence-electron chi connectivity index (χ3n) is 6.73. The van der Waals surface area contributed by atoms with Crippen molar-refractivity contribution in [3.8, 4) is 0 Å². The molecule has 0 fully saturated rings. The number of alkyl halides is 3. The van der Waals surface area contributed by atoms with Crippen LogP contribution in [0.3, 0.4) is 0 Å². The number of halogens is 3. The number of nitrogens with zero attached hydrogens (tertiary/aromatic N) is 1. The molecule has 9 heteroatoms. The first-order valence-electron chi connectivity index (χ1n) is 13.0. The molecule has 0 bridgehead atoms. The van der Waals surface area contributed by atoms with Gasteiger partial charge in [-0.2, -0.15) is 13.2 Å². The lowest BCUT2D eigenvalue weighted by molar-refractivity contribution is -0.136. The van der Waals surface area contributed by atoms with Crippen LogP contribution in [0.4, 0.5) is 18.0 Å². The Bertz CT molecular complexity index is 1240. The van der Waals surface area contributed by atoms with Crippen LogP contribution in [0.15, 0.2) is 23.0 Å². The van der Waals surface area contributed by atoms with E-state index in [4.69, 9.17) is 0 Å². The van der Waals surface area contributed by atoms with Gasteiger partial charge in [-0.1, -0.05) is 39.0 Å². The van der Waals surface area contributed by atoms with Gasteiger partial charge in [0.1, 0.15) is 0 Å². The number of hydrogen-bond acceptors (Lipinski definition) is 2. The second-order valence-electron chi connectivity index (χ2n) is 9.27. The van der Waals surface area contributed by atoms with Gasteiger partial charge in [-0.15, -0.1) is 0 Å². The lowest BCUT2D eigenvalue weighted by Crippen LogP contribution is -2.35. The first-order chi connectivity index (χ1) is 17.2. The largest absolute Gasteiger partial charge is 0.417 e. The van der Waals surface area contributed by atoms with Crippen molar-refractivity contribution >= 4 is 27.8 Å². The summed E-state index contributed by atoms with van der Waals surface area (Å²) in [6, 6.07) is 3.96. The Morgan fingerprint density at radius 2 is 1.64 bits per heavy atom. The number of pyridine rings is 1. The van der Waals surface area contributed by atoms with Crippen LogP contribution in [0.1, 0.15) is 75.6 Å². The minimum atomic E-state index is -4.61. The average molecular weight is 507 g/mol. The monoisotopic (exact) mass is 506 g/mol. The fraction of sp³-hybridized carbons (Fsp3) is 0.556. The highest BCUT2D eigenvalue weighted by molar-refractivity contribution is 6.09. The zero-order valence-electron chi connectivity index (χ0n) is 21.4. The highest BCUT2D eigenvalue weighted by atomic mass is 19.4. The molecule has 0 aliphatic heterocycles. The molecule has 0 aliphatic rings. The van der Waals surface area contributed by atoms with E-state index in [-0.39, 0.29) is 16.9 Å². The van der Waals surface area contributed by atoms with Crippen molar-refractivity contribution in [2.24, 2.45) is 0 Å². The standard InChI is InChI=1S/C27H37F3N4O2/c1-4-21-18(3)24-22(14-13-20-25(24)19(27(28,29)30)17-23(35)33-20)34(21)16-12-10-8-6-7-9-11-15-32-26(36)31-5-2/h13-14,17H,4-12,15-16H2,1-3H3,(H,33,35)(H2,31,32,36). The van der Waals surface area contributed by atoms with Crippen LogP contribution < -0.4 is 16.2 Å². The number of nitrogens with one attached hydrogen (secondary N) is 3. The summed E-state index contributed by atoms with van der Waals surface area (Å²) >= 11 is 0. The molecule has 2 amide bonds. The number of hydrogen-bond donors (Lipinski definition) is 3. The molecular weight excluding hydrogens is 469 g/mol. The molecule has 2 heterocycles. The van der Waals surface area contributed by atoms with Gasteiger partial charge in [-0.3, -0.25) is 4.79 Å². The molecule has 198 valence electrons. The SMILES string of the molecule is CCNC(=O)NCCCCCCCCCn1c(CC)c(C)c2c3c(C(F)(F)F)cc(=O)[nH]c3ccc21. The number of amides is 2. The molecule has 36 heavy (non-hydrogen) atoms. The highest BCUT2D eigenvalue weighted by Crippen LogP contribution is 2.39. The summed E-state index contributed by atoms with van der Waals surface area (Å²) in [4.78, 5) is 25.8. The maximum Gasteiger partial charge on any atom is 0.417 e. The minimum Gasteiger partial charge on any atom is -0.344 e. The number of urea groups is 1. The number of benzene rings is 1. The summed E-state index contributed by atoms with van der Waals surface area (Å²) in [5.74, 6) is 0. The molecule has 0 saturated heterocycles. The Kier molecular flexibility index (Phi) is 9.45. The zero-order chi connectivity index (χ0) is 26.3. The second kappa shape index (κ2) is 12.3. The number of carbonyl (C=O) groups is 1. The number of unbranched alkanes of at least 4 members (excludes halogenated alkanes) is 6. The third kappa shape index (κ3) is 6.42. The van der Waals surface area contributed by atoms with Crippen molar-refractivity contribution in [1.82, 2.24) is 20.2 Å². The summed E-state index contributed by atoms with van der Waals surface area (Å²) in [5.41, 5.74) is 1.25. The number of aromatic amines is 1. The van der Waals surface area contributed by atoms with Crippen LogP contribution in [0.5, 0.6) is 0 Å². The molecule has 3 rings (SSSR count). The Morgan fingerprint density at radius 1 is 0.972 bits per heavy atom. The van der Waals surface area contributed by atoms with Crippen LogP contribution in [-0.4, -0.2) is 28.7 Å². The van der Waals surface area contributed by atoms with E-state index in [0.717, 1.165) is 74.7 Å². The smallest absolute Gasteiger partial charge is 0.344 e. The fourth-order valence-corrected chi connectivity index (χ4v) is 5.08. The fourth-order valence-electron chi connectivity index (χ4n) is 5.08. The van der Waals surface area contributed by atoms with E-state index in [1.165, 1.54) is 0 Å². The van der Waals surface area contributed by atoms with Gasteiger partial charge >= 0.3 is 12.2 Å². The van der Waals surface area contributed by atoms with Crippen molar-refractivity contribution in [2.75, 3.05) is 13.1 Å². The summed E-state index contributed by atoms with van der Waals surface area (Å²) in [5, 5.41) is 6.20. The minimum absolute atomic E-state index is 0.0761. The first-order valence-corrected chi connectivity index (χ1v) is 13.0. The summed E-state index contributed by atoms with van der Waals surface area (Å²) in [6.07, 6.45) is 3.49. The molecule has 2 aromatic heterocycles. The van der Waals surface area contributed by atoms with Crippen molar-refractivity contribution in [2.45, 2.75) is 84.9 Å². The number of fused-ring (bicyclic) bond motifs is 3. The van der Waals surface area contributed by atoms with Gasteiger partial charge in [-0.25, -0.2) is 4.79 Å². The molecule has 3 aromatic rings. The number of aromatic nitrogens is 2. The molecule has 0 unspecified atom stereocenters. The van der Waals surface area contributed by atoms with Gasteiger partial charge in [0.05, 0.1) is 5.56 Å². The predicted molar refractivity (Wildman–Crippen MR) is 139 cm³/mol. The van der Waals surface area contributed by atoms with Gasteiger partial charge in [0.2, 0.25) is 5.56 Å². The van der Waals surface area contributed by atoms with Gasteiger partial charge in [0, 0.05) is 53.2 Å². The summed E-state index contributed by atoms with van der Waals surface area (Å²) < 4.78 is 43.7. The van der Waals surface area contributed by atoms with E-state index >= 15 is 0 Å². The van der Waals surface area contributed by atoms with E-state index < -0.39 is 17.3 Å². The Balaban J connectivity index is 1.64. The molecule has 0 saturated carbocycles. The molecule has 6 nitrogen and oxygen atoms in total. The Morgan fingerprint density at radius 3 is 2.28 bits per heavy atom. The van der Waals surface area contributed by atoms with E-state index in [1.54, 1.807) is 6.07 Å². The predicted octanol–water partition coefficient (Wildman–Crippen LogP) is 6.42. The van der Waals surface area contributed by atoms with Gasteiger partial charge in [0.25, 0.3) is 0 Å². The summed E-state index contributed by atoms with van der Waals surface area (Å²) in [6.45, 7) is 7.84. The van der Waals surface area contributed by atoms with Crippen LogP contribution in [0, 0.1) is 6.92 Å². The van der Waals surface area contributed by atoms with Crippen molar-refractivity contribution < 1.29 is 18.0 Å². The quantitative estimate of drug-likeness (QED) is 0.248. The molecule has 0 spiro atoms. The molecule has 0 aliphatic carbocycles. The first kappa shape index (κ1) is 27.6. The van der Waals surface area contributed by atoms with Crippen molar-refractivity contribution in [1.29, 1.82) is 0 Å². The van der Waals surface area contributed by atoms with Gasteiger partial charge in [0.15, 0.2) is 0 Å². The maximum atomic E-state index is 13.9. The maximum absolute atomic E-state index is 13.9. The molecular formula is C27H37F3N4O2. The lowest BCUT2D eigenvalue weighted by atomic mass is 10.0. The second-order valence-corrected chi connectivity index (χ2v) is 9.27. The third-order valence-corrected chi connectivity index (χ3v) is 6.73. The molecule has 0 radical (unpaired) electrons. The Hall–Kier alpha value is -2.97. The van der Waals surface area contributed by atoms with Crippen LogP contribution in [0.2, 0.25) is 0 Å². The number of carbonyl (C=O) groups excluding carboxylic acids is 1. The van der Waals surface area contributed by atoms with Crippen LogP contribution in [0.25, 0.3) is 21.8 Å². The molecule has 3 N–H and O–H groups in total. The Labute approximate surface area is 209 Å². The molecule has 1 aromatic carbocycles. The van der Waals surface area contributed by atoms with E-state index in [2.05, 4.69) is 20.2 Å². The van der Waals surface area contributed by atoms with Crippen molar-refractivity contribution in [3.63, 3.8) is 0 Å². The molecule has 0 atom stereocenters. The average Bonchev–Trinajstić information content (AvgIpc) is 3.09. The van der Waals surface area contributed by atoms with Crippen molar-refractivity contribution in [3.05, 3.63) is 45.4 Å². The number of H-pyrrole nitrogens is 1. The van der Waals surface area contributed by atoms with Crippen LogP contribution >= 0.6 is 0 Å². The number of rotatable bonds is 12. The lowest BCUT2D eigenvalue weighted by Gasteiger charge is -2.12. The van der Waals surface area contributed by atoms with E-state index in [9.17, 15) is 22.8 Å². The summed E-state index contributed by atoms with van der Waals surface area (Å²) in [7, 11) is 0.